The summed E-state index contributed by atoms with van der Waals surface area (Å²) in [7, 11) is 1.57. The smallest absolute Gasteiger partial charge is 0.164 e. The summed E-state index contributed by atoms with van der Waals surface area (Å²) < 4.78 is 5.95. The highest BCUT2D eigenvalue weighted by Gasteiger charge is 2.13. The Morgan fingerprint density at radius 2 is 2.08 bits per heavy atom. The molecule has 0 bridgehead atoms. The Labute approximate surface area is 86.0 Å². The molecule has 0 aliphatic rings. The second-order valence-electron chi connectivity index (χ2n) is 2.83. The highest BCUT2D eigenvalue weighted by Crippen LogP contribution is 2.30. The summed E-state index contributed by atoms with van der Waals surface area (Å²) in [5.41, 5.74) is 1.58. The molecule has 70 valence electrons. The fourth-order valence-electron chi connectivity index (χ4n) is 1.25. The van der Waals surface area contributed by atoms with Crippen LogP contribution in [0.1, 0.15) is 22.8 Å². The molecule has 0 fully saturated rings. The minimum Gasteiger partial charge on any atom is -0.496 e. The Kier molecular flexibility index (Phi) is 3.09. The van der Waals surface area contributed by atoms with Crippen LogP contribution >= 0.6 is 15.9 Å². The molecule has 0 unspecified atom stereocenters. The number of ether oxygens (including phenoxy) is 1. The van der Waals surface area contributed by atoms with E-state index >= 15 is 0 Å². The first-order chi connectivity index (χ1) is 6.07. The maximum Gasteiger partial charge on any atom is 0.164 e. The molecule has 3 heteroatoms. The summed E-state index contributed by atoms with van der Waals surface area (Å²) in [5, 5.41) is 0. The lowest BCUT2D eigenvalue weighted by molar-refractivity contribution is 0.101. The van der Waals surface area contributed by atoms with E-state index in [0.717, 1.165) is 10.0 Å². The first-order valence-electron chi connectivity index (χ1n) is 3.92. The molecular weight excluding hydrogens is 232 g/mol. The Balaban J connectivity index is 3.43. The summed E-state index contributed by atoms with van der Waals surface area (Å²) in [5.74, 6) is 0.661. The molecule has 0 radical (unpaired) electrons. The summed E-state index contributed by atoms with van der Waals surface area (Å²) in [6.07, 6.45) is 0. The van der Waals surface area contributed by atoms with E-state index < -0.39 is 0 Å². The second-order valence-corrected chi connectivity index (χ2v) is 3.68. The van der Waals surface area contributed by atoms with Gasteiger partial charge in [-0.1, -0.05) is 6.07 Å². The van der Waals surface area contributed by atoms with Gasteiger partial charge in [-0.3, -0.25) is 4.79 Å². The quantitative estimate of drug-likeness (QED) is 0.746. The number of methoxy groups -OCH3 is 1. The second kappa shape index (κ2) is 3.92. The molecule has 13 heavy (non-hydrogen) atoms. The van der Waals surface area contributed by atoms with Crippen molar-refractivity contribution in [1.82, 2.24) is 0 Å². The van der Waals surface area contributed by atoms with Crippen molar-refractivity contribution in [3.8, 4) is 5.75 Å². The lowest BCUT2D eigenvalue weighted by Crippen LogP contribution is -2.00. The number of hydrogen-bond acceptors (Lipinski definition) is 2. The average molecular weight is 243 g/mol. The van der Waals surface area contributed by atoms with Gasteiger partial charge in [0.15, 0.2) is 5.78 Å². The van der Waals surface area contributed by atoms with Crippen molar-refractivity contribution in [2.75, 3.05) is 7.11 Å². The third-order valence-electron chi connectivity index (χ3n) is 1.86. The normalized spacial score (nSPS) is 9.85. The number of benzene rings is 1. The minimum absolute atomic E-state index is 0.00688. The Morgan fingerprint density at radius 3 is 2.46 bits per heavy atom. The van der Waals surface area contributed by atoms with Gasteiger partial charge in [-0.05, 0) is 41.4 Å². The van der Waals surface area contributed by atoms with Gasteiger partial charge in [0.2, 0.25) is 0 Å². The minimum atomic E-state index is 0.00688. The van der Waals surface area contributed by atoms with Crippen LogP contribution in [0.3, 0.4) is 0 Å². The van der Waals surface area contributed by atoms with E-state index in [1.807, 2.05) is 19.1 Å². The fraction of sp³-hybridized carbons (Fsp3) is 0.300. The summed E-state index contributed by atoms with van der Waals surface area (Å²) in [6, 6.07) is 3.77. The summed E-state index contributed by atoms with van der Waals surface area (Å²) in [6.45, 7) is 3.44. The maximum atomic E-state index is 11.3. The van der Waals surface area contributed by atoms with E-state index in [0.29, 0.717) is 11.3 Å². The Hall–Kier alpha value is -0.830. The summed E-state index contributed by atoms with van der Waals surface area (Å²) >= 11 is 3.32. The summed E-state index contributed by atoms with van der Waals surface area (Å²) in [4.78, 5) is 11.3. The van der Waals surface area contributed by atoms with Crippen LogP contribution in [0, 0.1) is 6.92 Å². The molecule has 0 heterocycles. The van der Waals surface area contributed by atoms with Crippen molar-refractivity contribution in [3.05, 3.63) is 27.7 Å². The Morgan fingerprint density at radius 1 is 1.46 bits per heavy atom. The first-order valence-corrected chi connectivity index (χ1v) is 4.71. The number of carbonyl (C=O) groups excluding carboxylic acids is 1. The number of ketones is 1. The van der Waals surface area contributed by atoms with Crippen LogP contribution in [0.4, 0.5) is 0 Å². The standard InChI is InChI=1S/C10H11BrO2/c1-6-4-5-8(11)9(7(2)12)10(6)13-3/h4-5H,1-3H3. The van der Waals surface area contributed by atoms with E-state index in [2.05, 4.69) is 15.9 Å². The molecule has 0 amide bonds. The molecule has 0 aliphatic carbocycles. The highest BCUT2D eigenvalue weighted by molar-refractivity contribution is 9.10. The third kappa shape index (κ3) is 1.91. The van der Waals surface area contributed by atoms with E-state index in [9.17, 15) is 4.79 Å². The third-order valence-corrected chi connectivity index (χ3v) is 2.52. The van der Waals surface area contributed by atoms with Gasteiger partial charge in [-0.25, -0.2) is 0 Å². The average Bonchev–Trinajstić information content (AvgIpc) is 2.07. The van der Waals surface area contributed by atoms with Crippen LogP contribution in [-0.4, -0.2) is 12.9 Å². The van der Waals surface area contributed by atoms with Crippen molar-refractivity contribution in [2.45, 2.75) is 13.8 Å². The van der Waals surface area contributed by atoms with Crippen LogP contribution < -0.4 is 4.74 Å². The lowest BCUT2D eigenvalue weighted by atomic mass is 10.1. The number of rotatable bonds is 2. The number of halogens is 1. The molecule has 0 aliphatic heterocycles. The highest BCUT2D eigenvalue weighted by atomic mass is 79.9. The van der Waals surface area contributed by atoms with Gasteiger partial charge in [0, 0.05) is 4.47 Å². The molecule has 2 nitrogen and oxygen atoms in total. The van der Waals surface area contributed by atoms with E-state index in [1.165, 1.54) is 6.92 Å². The van der Waals surface area contributed by atoms with Gasteiger partial charge in [0.05, 0.1) is 12.7 Å². The van der Waals surface area contributed by atoms with Crippen molar-refractivity contribution < 1.29 is 9.53 Å². The van der Waals surface area contributed by atoms with E-state index in [1.54, 1.807) is 7.11 Å². The van der Waals surface area contributed by atoms with E-state index in [-0.39, 0.29) is 5.78 Å². The Bertz CT molecular complexity index is 345. The van der Waals surface area contributed by atoms with Gasteiger partial charge in [-0.15, -0.1) is 0 Å². The number of carbonyl (C=O) groups is 1. The van der Waals surface area contributed by atoms with Gasteiger partial charge >= 0.3 is 0 Å². The number of Topliss-reactive ketones (excluding diaryl/α,β-unsaturated/α-hetero) is 1. The van der Waals surface area contributed by atoms with Crippen LogP contribution in [0.5, 0.6) is 5.75 Å². The molecule has 0 atom stereocenters. The van der Waals surface area contributed by atoms with Gasteiger partial charge in [-0.2, -0.15) is 0 Å². The van der Waals surface area contributed by atoms with E-state index in [4.69, 9.17) is 4.74 Å². The van der Waals surface area contributed by atoms with Gasteiger partial charge in [0.25, 0.3) is 0 Å². The topological polar surface area (TPSA) is 26.3 Å². The van der Waals surface area contributed by atoms with Crippen molar-refractivity contribution >= 4 is 21.7 Å². The zero-order chi connectivity index (χ0) is 10.0. The van der Waals surface area contributed by atoms with Crippen molar-refractivity contribution in [2.24, 2.45) is 0 Å². The zero-order valence-corrected chi connectivity index (χ0v) is 9.44. The van der Waals surface area contributed by atoms with Crippen molar-refractivity contribution in [3.63, 3.8) is 0 Å². The maximum absolute atomic E-state index is 11.3. The predicted molar refractivity (Wildman–Crippen MR) is 55.4 cm³/mol. The zero-order valence-electron chi connectivity index (χ0n) is 7.85. The molecule has 1 aromatic rings. The molecule has 0 saturated heterocycles. The first kappa shape index (κ1) is 10.3. The largest absolute Gasteiger partial charge is 0.496 e. The molecule has 0 spiro atoms. The van der Waals surface area contributed by atoms with Gasteiger partial charge < -0.3 is 4.74 Å². The molecule has 0 aromatic heterocycles. The van der Waals surface area contributed by atoms with Gasteiger partial charge in [0.1, 0.15) is 5.75 Å². The van der Waals surface area contributed by atoms with Crippen LogP contribution in [0.15, 0.2) is 16.6 Å². The lowest BCUT2D eigenvalue weighted by Gasteiger charge is -2.10. The molecular formula is C10H11BrO2. The van der Waals surface area contributed by atoms with Crippen LogP contribution in [-0.2, 0) is 0 Å². The van der Waals surface area contributed by atoms with Crippen molar-refractivity contribution in [1.29, 1.82) is 0 Å². The molecule has 1 aromatic carbocycles. The number of hydrogen-bond donors (Lipinski definition) is 0. The number of aryl methyl sites for hydroxylation is 1. The molecule has 0 N–H and O–H groups in total. The monoisotopic (exact) mass is 242 g/mol. The predicted octanol–water partition coefficient (Wildman–Crippen LogP) is 2.97. The fourth-order valence-corrected chi connectivity index (χ4v) is 1.85. The van der Waals surface area contributed by atoms with Crippen LogP contribution in [0.25, 0.3) is 0 Å². The SMILES string of the molecule is COc1c(C)ccc(Br)c1C(C)=O. The molecule has 1 rings (SSSR count). The molecule has 0 saturated carbocycles. The van der Waals surface area contributed by atoms with Crippen LogP contribution in [0.2, 0.25) is 0 Å².